The van der Waals surface area contributed by atoms with Gasteiger partial charge in [-0.05, 0) is 32.7 Å². The molecule has 43 heavy (non-hydrogen) atoms. The normalized spacial score (nSPS) is 13.8. The quantitative estimate of drug-likeness (QED) is 0.0642. The lowest BCUT2D eigenvalue weighted by atomic mass is 10.0. The summed E-state index contributed by atoms with van der Waals surface area (Å²) in [5, 5.41) is 2.45. The molecule has 0 radical (unpaired) electrons. The van der Waals surface area contributed by atoms with Crippen LogP contribution in [0.5, 0.6) is 0 Å². The molecule has 0 amide bonds. The van der Waals surface area contributed by atoms with Crippen molar-refractivity contribution in [1.29, 1.82) is 0 Å². The Balaban J connectivity index is 0. The molecule has 2 nitrogen and oxygen atoms in total. The fourth-order valence-electron chi connectivity index (χ4n) is 5.90. The fourth-order valence-corrected chi connectivity index (χ4v) is 5.90. The molecule has 1 aliphatic carbocycles. The van der Waals surface area contributed by atoms with Crippen molar-refractivity contribution >= 4 is 0 Å². The van der Waals surface area contributed by atoms with Gasteiger partial charge in [0.25, 0.3) is 0 Å². The number of rotatable bonds is 30. The molecule has 0 spiro atoms. The van der Waals surface area contributed by atoms with E-state index in [4.69, 9.17) is 4.74 Å². The van der Waals surface area contributed by atoms with Crippen molar-refractivity contribution in [3.63, 3.8) is 0 Å². The topological polar surface area (TPSA) is 21.3 Å². The van der Waals surface area contributed by atoms with Gasteiger partial charge < -0.3 is 4.74 Å². The lowest BCUT2D eigenvalue weighted by Crippen LogP contribution is -2.17. The molecule has 0 aromatic heterocycles. The number of ether oxygens (including phenoxy) is 1. The van der Waals surface area contributed by atoms with Crippen LogP contribution >= 0.6 is 0 Å². The van der Waals surface area contributed by atoms with Crippen LogP contribution in [-0.2, 0) is 4.74 Å². The zero-order valence-corrected chi connectivity index (χ0v) is 30.8. The minimum Gasteiger partial charge on any atom is -0.378 e. The van der Waals surface area contributed by atoms with Gasteiger partial charge in [0.1, 0.15) is 0 Å². The first-order valence-electron chi connectivity index (χ1n) is 20.1. The molecule has 1 N–H and O–H groups in total. The summed E-state index contributed by atoms with van der Waals surface area (Å²) in [6, 6.07) is 0. The summed E-state index contributed by atoms with van der Waals surface area (Å²) in [6.07, 6.45) is 44.8. The van der Waals surface area contributed by atoms with Crippen LogP contribution in [0.3, 0.4) is 0 Å². The van der Waals surface area contributed by atoms with Gasteiger partial charge in [-0.25, -0.2) is 4.39 Å². The van der Waals surface area contributed by atoms with Gasteiger partial charge in [0.05, 0.1) is 6.10 Å². The highest BCUT2D eigenvalue weighted by Crippen LogP contribution is 2.21. The van der Waals surface area contributed by atoms with Crippen LogP contribution in [-0.4, -0.2) is 26.1 Å². The number of unbranched alkanes of at least 4 members (excludes halogenated alkanes) is 25. The molecule has 0 aliphatic heterocycles. The number of hydrogen-bond donors (Lipinski definition) is 1. The highest BCUT2D eigenvalue weighted by molar-refractivity contribution is 4.66. The van der Waals surface area contributed by atoms with E-state index in [1.54, 1.807) is 14.0 Å². The van der Waals surface area contributed by atoms with E-state index in [9.17, 15) is 4.39 Å². The molecule has 0 saturated heterocycles. The lowest BCUT2D eigenvalue weighted by molar-refractivity contribution is 0.0556. The molecule has 1 rings (SSSR count). The fraction of sp³-hybridized carbons (Fsp3) is 1.00. The standard InChI is InChI=1S/C20H40O.C16H34.C4H10FN/c1-2-3-4-5-6-7-8-9-10-11-12-13-16-19-21-20-17-14-15-18-20;1-3-5-7-9-11-13-15-16-14-12-10-8-6-4-2;1-3-4(5)6-2/h20H,2-19H2,1H3;3-16H2,1-2H3;4,6H,3H2,1-2H3. The molecule has 0 aromatic carbocycles. The molecule has 0 bridgehead atoms. The first-order valence-corrected chi connectivity index (χ1v) is 20.1. The summed E-state index contributed by atoms with van der Waals surface area (Å²) in [5.41, 5.74) is 0. The molecule has 1 fully saturated rings. The summed E-state index contributed by atoms with van der Waals surface area (Å²) in [7, 11) is 1.61. The smallest absolute Gasteiger partial charge is 0.150 e. The number of nitrogens with one attached hydrogen (secondary N) is 1. The van der Waals surface area contributed by atoms with Crippen LogP contribution in [0.4, 0.5) is 4.39 Å². The largest absolute Gasteiger partial charge is 0.378 e. The third-order valence-electron chi connectivity index (χ3n) is 9.03. The molecular formula is C40H84FNO. The zero-order chi connectivity index (χ0) is 31.9. The molecule has 0 heterocycles. The van der Waals surface area contributed by atoms with E-state index in [0.717, 1.165) is 6.61 Å². The van der Waals surface area contributed by atoms with Crippen molar-refractivity contribution in [2.45, 2.75) is 246 Å². The number of halogens is 1. The van der Waals surface area contributed by atoms with E-state index in [1.807, 2.05) is 0 Å². The van der Waals surface area contributed by atoms with E-state index in [0.29, 0.717) is 12.5 Å². The lowest BCUT2D eigenvalue weighted by Gasteiger charge is -2.10. The van der Waals surface area contributed by atoms with Gasteiger partial charge in [0, 0.05) is 6.61 Å². The summed E-state index contributed by atoms with van der Waals surface area (Å²) >= 11 is 0. The average Bonchev–Trinajstić information content (AvgIpc) is 3.56. The van der Waals surface area contributed by atoms with E-state index in [2.05, 4.69) is 26.1 Å². The predicted octanol–water partition coefficient (Wildman–Crippen LogP) is 14.4. The summed E-state index contributed by atoms with van der Waals surface area (Å²) in [5.74, 6) is 0. The first-order chi connectivity index (χ1) is 21.2. The Morgan fingerprint density at radius 3 is 1.00 bits per heavy atom. The second-order valence-electron chi connectivity index (χ2n) is 13.4. The molecule has 1 atom stereocenters. The van der Waals surface area contributed by atoms with E-state index < -0.39 is 6.30 Å². The third-order valence-corrected chi connectivity index (χ3v) is 9.03. The van der Waals surface area contributed by atoms with Crippen molar-refractivity contribution in [1.82, 2.24) is 5.32 Å². The number of alkyl halides is 1. The van der Waals surface area contributed by atoms with E-state index >= 15 is 0 Å². The SMILES string of the molecule is CCC(F)NC.CCCCCCCCCCCCCCCC.CCCCCCCCCCCCCCCOC1CCCC1. The minimum absolute atomic E-state index is 0.552. The van der Waals surface area contributed by atoms with Crippen molar-refractivity contribution in [3.05, 3.63) is 0 Å². The summed E-state index contributed by atoms with van der Waals surface area (Å²) < 4.78 is 17.7. The highest BCUT2D eigenvalue weighted by atomic mass is 19.1. The molecule has 1 aliphatic rings. The van der Waals surface area contributed by atoms with Crippen LogP contribution in [0.2, 0.25) is 0 Å². The van der Waals surface area contributed by atoms with Crippen molar-refractivity contribution in [2.24, 2.45) is 0 Å². The molecule has 262 valence electrons. The van der Waals surface area contributed by atoms with Gasteiger partial charge in [0.2, 0.25) is 0 Å². The predicted molar refractivity (Wildman–Crippen MR) is 194 cm³/mol. The Kier molecular flexibility index (Phi) is 43.8. The van der Waals surface area contributed by atoms with Gasteiger partial charge in [-0.2, -0.15) is 0 Å². The Hall–Kier alpha value is -0.150. The molecule has 3 heteroatoms. The minimum atomic E-state index is -0.815. The second-order valence-corrected chi connectivity index (χ2v) is 13.4. The first kappa shape index (κ1) is 45.0. The maximum absolute atomic E-state index is 11.8. The third kappa shape index (κ3) is 41.9. The van der Waals surface area contributed by atoms with Crippen LogP contribution in [0, 0.1) is 0 Å². The van der Waals surface area contributed by atoms with Gasteiger partial charge >= 0.3 is 0 Å². The maximum atomic E-state index is 11.8. The monoisotopic (exact) mass is 614 g/mol. The zero-order valence-electron chi connectivity index (χ0n) is 30.8. The van der Waals surface area contributed by atoms with Crippen LogP contribution in [0.25, 0.3) is 0 Å². The average molecular weight is 614 g/mol. The Bertz CT molecular complexity index is 436. The van der Waals surface area contributed by atoms with Crippen molar-refractivity contribution in [2.75, 3.05) is 13.7 Å². The van der Waals surface area contributed by atoms with E-state index in [-0.39, 0.29) is 0 Å². The summed E-state index contributed by atoms with van der Waals surface area (Å²) in [4.78, 5) is 0. The van der Waals surface area contributed by atoms with Gasteiger partial charge in [-0.15, -0.1) is 0 Å². The Morgan fingerprint density at radius 2 is 0.767 bits per heavy atom. The van der Waals surface area contributed by atoms with Crippen LogP contribution in [0.1, 0.15) is 233 Å². The molecule has 1 saturated carbocycles. The summed E-state index contributed by atoms with van der Waals surface area (Å²) in [6.45, 7) is 9.68. The Labute approximate surface area is 273 Å². The van der Waals surface area contributed by atoms with Gasteiger partial charge in [0.15, 0.2) is 6.30 Å². The van der Waals surface area contributed by atoms with Crippen molar-refractivity contribution in [3.8, 4) is 0 Å². The molecule has 1 unspecified atom stereocenters. The van der Waals surface area contributed by atoms with E-state index in [1.165, 1.54) is 199 Å². The molecular weight excluding hydrogens is 529 g/mol. The van der Waals surface area contributed by atoms with Crippen LogP contribution in [0.15, 0.2) is 0 Å². The second kappa shape index (κ2) is 41.9. The van der Waals surface area contributed by atoms with Crippen molar-refractivity contribution < 1.29 is 9.13 Å². The highest BCUT2D eigenvalue weighted by Gasteiger charge is 2.14. The Morgan fingerprint density at radius 1 is 0.488 bits per heavy atom. The van der Waals surface area contributed by atoms with Gasteiger partial charge in [-0.1, -0.05) is 207 Å². The van der Waals surface area contributed by atoms with Gasteiger partial charge in [-0.3, -0.25) is 5.32 Å². The number of hydrogen-bond acceptors (Lipinski definition) is 2. The maximum Gasteiger partial charge on any atom is 0.150 e. The van der Waals surface area contributed by atoms with Crippen LogP contribution < -0.4 is 5.32 Å². The molecule has 0 aromatic rings.